The van der Waals surface area contributed by atoms with E-state index >= 15 is 0 Å². The van der Waals surface area contributed by atoms with Gasteiger partial charge in [0, 0.05) is 11.4 Å². The summed E-state index contributed by atoms with van der Waals surface area (Å²) in [5, 5.41) is 5.41. The molecule has 1 saturated heterocycles. The van der Waals surface area contributed by atoms with E-state index in [1.807, 2.05) is 18.2 Å². The van der Waals surface area contributed by atoms with E-state index in [1.54, 1.807) is 32.0 Å². The summed E-state index contributed by atoms with van der Waals surface area (Å²) in [5.74, 6) is 1.95. The molecule has 180 valence electrons. The maximum Gasteiger partial charge on any atom is 0.280 e. The second-order valence-corrected chi connectivity index (χ2v) is 9.35. The van der Waals surface area contributed by atoms with E-state index in [0.717, 1.165) is 15.6 Å². The van der Waals surface area contributed by atoms with Gasteiger partial charge < -0.3 is 9.47 Å². The lowest BCUT2D eigenvalue weighted by Crippen LogP contribution is -2.27. The van der Waals surface area contributed by atoms with Crippen LogP contribution in [0, 0.1) is 6.92 Å². The van der Waals surface area contributed by atoms with E-state index in [-0.39, 0.29) is 17.8 Å². The van der Waals surface area contributed by atoms with Crippen molar-refractivity contribution >= 4 is 37.4 Å². The highest BCUT2D eigenvalue weighted by Gasteiger charge is 2.30. The van der Waals surface area contributed by atoms with Crippen molar-refractivity contribution in [2.45, 2.75) is 31.9 Å². The Kier molecular flexibility index (Phi) is 5.24. The molecule has 2 unspecified atom stereocenters. The number of fused-ring (bicyclic) bond motifs is 5. The number of ether oxygens (including phenoxy) is 2. The van der Waals surface area contributed by atoms with Gasteiger partial charge in [-0.3, -0.25) is 0 Å². The molecule has 2 N–H and O–H groups in total. The van der Waals surface area contributed by atoms with Crippen LogP contribution in [-0.4, -0.2) is 38.8 Å². The number of hydrogen-bond donors (Lipinski definition) is 2. The van der Waals surface area contributed by atoms with Gasteiger partial charge in [-0.05, 0) is 42.7 Å². The molecular weight excluding hydrogens is 476 g/mol. The zero-order valence-corrected chi connectivity index (χ0v) is 19.9. The minimum absolute atomic E-state index is 0.0218. The number of thiophene rings is 1. The second-order valence-electron chi connectivity index (χ2n) is 8.35. The first kappa shape index (κ1) is 22.0. The van der Waals surface area contributed by atoms with Crippen molar-refractivity contribution in [1.29, 1.82) is 0 Å². The number of nitrogens with one attached hydrogen (secondary N) is 2. The Balaban J connectivity index is 1.35. The molecule has 2 atom stereocenters. The molecule has 1 fully saturated rings. The smallest absolute Gasteiger partial charge is 0.280 e. The van der Waals surface area contributed by atoms with Crippen LogP contribution in [0.3, 0.4) is 0 Å². The Labute approximate surface area is 202 Å². The van der Waals surface area contributed by atoms with Gasteiger partial charge in [-0.1, -0.05) is 6.07 Å². The highest BCUT2D eigenvalue weighted by Crippen LogP contribution is 2.38. The summed E-state index contributed by atoms with van der Waals surface area (Å²) in [4.78, 5) is 14.0. The number of aryl methyl sites for hydroxylation is 1. The lowest BCUT2D eigenvalue weighted by Gasteiger charge is -2.13. The molecule has 0 radical (unpaired) electrons. The van der Waals surface area contributed by atoms with Crippen LogP contribution < -0.4 is 20.3 Å². The highest BCUT2D eigenvalue weighted by atomic mass is 32.1. The van der Waals surface area contributed by atoms with Crippen molar-refractivity contribution in [3.63, 3.8) is 0 Å². The number of hydrazine groups is 1. The van der Waals surface area contributed by atoms with E-state index < -0.39 is 6.43 Å². The van der Waals surface area contributed by atoms with Gasteiger partial charge >= 0.3 is 0 Å². The fourth-order valence-corrected chi connectivity index (χ4v) is 5.71. The van der Waals surface area contributed by atoms with Crippen LogP contribution in [0.4, 0.5) is 8.78 Å². The molecule has 0 amide bonds. The third-order valence-corrected chi connectivity index (χ3v) is 7.32. The third kappa shape index (κ3) is 3.56. The van der Waals surface area contributed by atoms with Gasteiger partial charge in [0.05, 0.1) is 25.8 Å². The lowest BCUT2D eigenvalue weighted by atomic mass is 10.0. The van der Waals surface area contributed by atoms with Crippen LogP contribution in [0.25, 0.3) is 26.1 Å². The number of nitrogens with zero attached hydrogens (tertiary/aromatic N) is 5. The summed E-state index contributed by atoms with van der Waals surface area (Å²) < 4.78 is 39.7. The number of hydrogen-bond acceptors (Lipinski definition) is 9. The Bertz CT molecular complexity index is 1590. The van der Waals surface area contributed by atoms with Gasteiger partial charge in [-0.25, -0.2) is 39.1 Å². The number of pyridine rings is 1. The fraction of sp³-hybridized carbons (Fsp3) is 0.304. The van der Waals surface area contributed by atoms with E-state index in [9.17, 15) is 8.78 Å². The Morgan fingerprint density at radius 3 is 2.66 bits per heavy atom. The molecule has 5 aromatic rings. The molecule has 12 heteroatoms. The molecule has 0 aliphatic carbocycles. The molecule has 6 rings (SSSR count). The molecule has 1 aromatic carbocycles. The van der Waals surface area contributed by atoms with Crippen LogP contribution in [0.5, 0.6) is 11.5 Å². The molecule has 5 heterocycles. The summed E-state index contributed by atoms with van der Waals surface area (Å²) >= 11 is 1.31. The van der Waals surface area contributed by atoms with E-state index in [2.05, 4.69) is 25.9 Å². The van der Waals surface area contributed by atoms with Crippen LogP contribution in [0.2, 0.25) is 0 Å². The summed E-state index contributed by atoms with van der Waals surface area (Å²) in [6, 6.07) is 7.13. The molecule has 0 spiro atoms. The van der Waals surface area contributed by atoms with Gasteiger partial charge in [0.25, 0.3) is 6.43 Å². The summed E-state index contributed by atoms with van der Waals surface area (Å²) in [5.41, 5.74) is 9.44. The van der Waals surface area contributed by atoms with Crippen molar-refractivity contribution in [2.75, 3.05) is 14.2 Å². The monoisotopic (exact) mass is 497 g/mol. The number of methoxy groups -OCH3 is 2. The van der Waals surface area contributed by atoms with E-state index in [1.165, 1.54) is 17.4 Å². The first-order valence-electron chi connectivity index (χ1n) is 10.9. The predicted molar refractivity (Wildman–Crippen MR) is 127 cm³/mol. The topological polar surface area (TPSA) is 98.5 Å². The predicted octanol–water partition coefficient (Wildman–Crippen LogP) is 4.43. The third-order valence-electron chi connectivity index (χ3n) is 6.25. The molecule has 1 aliphatic heterocycles. The summed E-state index contributed by atoms with van der Waals surface area (Å²) in [7, 11) is 3.22. The number of benzene rings is 1. The minimum Gasteiger partial charge on any atom is -0.493 e. The Hall–Kier alpha value is -3.48. The fourth-order valence-electron chi connectivity index (χ4n) is 4.52. The van der Waals surface area contributed by atoms with Crippen molar-refractivity contribution in [2.24, 2.45) is 0 Å². The second kappa shape index (κ2) is 8.33. The van der Waals surface area contributed by atoms with Gasteiger partial charge in [-0.2, -0.15) is 0 Å². The molecule has 0 bridgehead atoms. The molecule has 4 aromatic heterocycles. The Morgan fingerprint density at radius 2 is 1.89 bits per heavy atom. The standard InChI is InChI=1S/C23H21F2N7O2S/c1-10-6-13(20(24)25)27-23-17(10)18-19(35-23)22-28-21(31-32(22)9-26-18)14-8-12(29-30-14)11-4-5-15(33-2)16(7-11)34-3/h4-7,9,12,14,20,29-30H,8H2,1-3H3. The average Bonchev–Trinajstić information content (AvgIpc) is 3.59. The van der Waals surface area contributed by atoms with Crippen molar-refractivity contribution in [3.8, 4) is 11.5 Å². The quantitative estimate of drug-likeness (QED) is 0.368. The summed E-state index contributed by atoms with van der Waals surface area (Å²) in [6.45, 7) is 1.80. The first-order valence-corrected chi connectivity index (χ1v) is 11.7. The van der Waals surface area contributed by atoms with Crippen molar-refractivity contribution in [1.82, 2.24) is 35.4 Å². The summed E-state index contributed by atoms with van der Waals surface area (Å²) in [6.07, 6.45) is -0.307. The maximum absolute atomic E-state index is 13.3. The van der Waals surface area contributed by atoms with Crippen LogP contribution in [0.1, 0.15) is 47.6 Å². The van der Waals surface area contributed by atoms with Crippen LogP contribution in [-0.2, 0) is 0 Å². The molecule has 35 heavy (non-hydrogen) atoms. The highest BCUT2D eigenvalue weighted by molar-refractivity contribution is 7.26. The number of alkyl halides is 2. The van der Waals surface area contributed by atoms with Crippen molar-refractivity contribution < 1.29 is 18.3 Å². The largest absolute Gasteiger partial charge is 0.493 e. The van der Waals surface area contributed by atoms with Crippen LogP contribution in [0.15, 0.2) is 30.6 Å². The normalized spacial score (nSPS) is 18.3. The molecule has 1 aliphatic rings. The van der Waals surface area contributed by atoms with Crippen LogP contribution >= 0.6 is 11.3 Å². The van der Waals surface area contributed by atoms with Gasteiger partial charge in [-0.15, -0.1) is 16.4 Å². The molecule has 9 nitrogen and oxygen atoms in total. The number of aromatic nitrogens is 5. The lowest BCUT2D eigenvalue weighted by molar-refractivity contribution is 0.146. The average molecular weight is 498 g/mol. The zero-order chi connectivity index (χ0) is 24.3. The van der Waals surface area contributed by atoms with Gasteiger partial charge in [0.2, 0.25) is 0 Å². The van der Waals surface area contributed by atoms with Crippen molar-refractivity contribution in [3.05, 3.63) is 53.2 Å². The minimum atomic E-state index is -2.63. The zero-order valence-electron chi connectivity index (χ0n) is 19.0. The van der Waals surface area contributed by atoms with E-state index in [0.29, 0.717) is 45.3 Å². The number of halogens is 2. The van der Waals surface area contributed by atoms with E-state index in [4.69, 9.17) is 14.5 Å². The molecular formula is C23H21F2N7O2S. The Morgan fingerprint density at radius 1 is 1.09 bits per heavy atom. The SMILES string of the molecule is COc1ccc(C2CC(c3nc4c5sc6nc(C(F)F)cc(C)c6c5ncn4n3)NN2)cc1OC. The number of rotatable bonds is 5. The first-order chi connectivity index (χ1) is 17.0. The molecule has 0 saturated carbocycles. The maximum atomic E-state index is 13.3. The van der Waals surface area contributed by atoms with Gasteiger partial charge in [0.15, 0.2) is 23.0 Å². The van der Waals surface area contributed by atoms with Gasteiger partial charge in [0.1, 0.15) is 21.6 Å².